The Bertz CT molecular complexity index is 512. The summed E-state index contributed by atoms with van der Waals surface area (Å²) in [5.41, 5.74) is 0.391. The molecule has 1 N–H and O–H groups in total. The van der Waals surface area contributed by atoms with Gasteiger partial charge in [0, 0.05) is 6.20 Å². The Morgan fingerprint density at radius 1 is 1.44 bits per heavy atom. The van der Waals surface area contributed by atoms with Crippen LogP contribution in [0.25, 0.3) is 0 Å². The molecule has 0 radical (unpaired) electrons. The van der Waals surface area contributed by atoms with Crippen molar-refractivity contribution in [3.8, 4) is 6.07 Å². The Morgan fingerprint density at radius 3 is 2.67 bits per heavy atom. The predicted octanol–water partition coefficient (Wildman–Crippen LogP) is 1.66. The molecule has 5 heteroatoms. The van der Waals surface area contributed by atoms with Gasteiger partial charge in [0.2, 0.25) is 0 Å². The highest BCUT2D eigenvalue weighted by molar-refractivity contribution is 5.95. The maximum absolute atomic E-state index is 12.2. The number of carbonyl (C=O) groups excluding carboxylic acids is 1. The number of aromatic nitrogens is 2. The minimum absolute atomic E-state index is 0.254. The molecule has 1 aromatic heterocycles. The highest BCUT2D eigenvalue weighted by Crippen LogP contribution is 2.29. The lowest BCUT2D eigenvalue weighted by atomic mass is 9.99. The van der Waals surface area contributed by atoms with E-state index >= 15 is 0 Å². The normalized spacial score (nSPS) is 17.2. The molecule has 1 saturated carbocycles. The SMILES string of the molecule is Cc1ncc(C(=O)NC2(C#N)CCCC2)c(C)n1. The fourth-order valence-electron chi connectivity index (χ4n) is 2.33. The van der Waals surface area contributed by atoms with Crippen molar-refractivity contribution in [2.75, 3.05) is 0 Å². The second-order valence-corrected chi connectivity index (χ2v) is 4.77. The van der Waals surface area contributed by atoms with Crippen molar-refractivity contribution >= 4 is 5.91 Å². The molecule has 1 aliphatic rings. The van der Waals surface area contributed by atoms with E-state index in [2.05, 4.69) is 21.4 Å². The van der Waals surface area contributed by atoms with Crippen LogP contribution in [0.4, 0.5) is 0 Å². The topological polar surface area (TPSA) is 78.7 Å². The van der Waals surface area contributed by atoms with Crippen molar-refractivity contribution in [1.82, 2.24) is 15.3 Å². The molecule has 0 spiro atoms. The molecule has 94 valence electrons. The lowest BCUT2D eigenvalue weighted by Gasteiger charge is -2.22. The van der Waals surface area contributed by atoms with Gasteiger partial charge in [-0.2, -0.15) is 5.26 Å². The van der Waals surface area contributed by atoms with Crippen LogP contribution in [0, 0.1) is 25.2 Å². The fourth-order valence-corrected chi connectivity index (χ4v) is 2.33. The maximum atomic E-state index is 12.2. The zero-order valence-corrected chi connectivity index (χ0v) is 10.7. The molecule has 0 atom stereocenters. The number of amides is 1. The first kappa shape index (κ1) is 12.5. The first-order chi connectivity index (χ1) is 8.56. The molecule has 0 bridgehead atoms. The molecule has 0 saturated heterocycles. The van der Waals surface area contributed by atoms with E-state index in [9.17, 15) is 10.1 Å². The standard InChI is InChI=1S/C13H16N4O/c1-9-11(7-15-10(2)16-9)12(18)17-13(8-14)5-3-4-6-13/h7H,3-6H2,1-2H3,(H,17,18). The summed E-state index contributed by atoms with van der Waals surface area (Å²) in [5, 5.41) is 12.1. The van der Waals surface area contributed by atoms with Crippen molar-refractivity contribution in [3.05, 3.63) is 23.3 Å². The summed E-state index contributed by atoms with van der Waals surface area (Å²) >= 11 is 0. The van der Waals surface area contributed by atoms with Crippen molar-refractivity contribution < 1.29 is 4.79 Å². The average Bonchev–Trinajstić information content (AvgIpc) is 2.78. The molecule has 1 aromatic rings. The summed E-state index contributed by atoms with van der Waals surface area (Å²) in [6.45, 7) is 3.56. The first-order valence-corrected chi connectivity index (χ1v) is 6.10. The van der Waals surface area contributed by atoms with Crippen LogP contribution in [0.1, 0.15) is 47.6 Å². The van der Waals surface area contributed by atoms with E-state index < -0.39 is 5.54 Å². The van der Waals surface area contributed by atoms with Gasteiger partial charge in [0.25, 0.3) is 5.91 Å². The van der Waals surface area contributed by atoms with Gasteiger partial charge >= 0.3 is 0 Å². The Morgan fingerprint density at radius 2 is 2.11 bits per heavy atom. The second kappa shape index (κ2) is 4.73. The van der Waals surface area contributed by atoms with Crippen LogP contribution in [0.2, 0.25) is 0 Å². The summed E-state index contributed by atoms with van der Waals surface area (Å²) in [6, 6.07) is 2.24. The van der Waals surface area contributed by atoms with Gasteiger partial charge in [0.05, 0.1) is 17.3 Å². The number of carbonyl (C=O) groups is 1. The van der Waals surface area contributed by atoms with Crippen LogP contribution < -0.4 is 5.32 Å². The van der Waals surface area contributed by atoms with Gasteiger partial charge in [0.1, 0.15) is 11.4 Å². The summed E-state index contributed by atoms with van der Waals surface area (Å²) < 4.78 is 0. The lowest BCUT2D eigenvalue weighted by molar-refractivity contribution is 0.0919. The number of nitriles is 1. The van der Waals surface area contributed by atoms with Crippen molar-refractivity contribution in [1.29, 1.82) is 5.26 Å². The molecule has 0 aromatic carbocycles. The van der Waals surface area contributed by atoms with E-state index in [0.29, 0.717) is 17.1 Å². The number of aryl methyl sites for hydroxylation is 2. The maximum Gasteiger partial charge on any atom is 0.255 e. The predicted molar refractivity (Wildman–Crippen MR) is 65.8 cm³/mol. The van der Waals surface area contributed by atoms with Gasteiger partial charge in [-0.25, -0.2) is 9.97 Å². The number of hydrogen-bond donors (Lipinski definition) is 1. The van der Waals surface area contributed by atoms with Crippen LogP contribution in [0.5, 0.6) is 0 Å². The third-order valence-corrected chi connectivity index (χ3v) is 3.37. The van der Waals surface area contributed by atoms with Crippen LogP contribution in [-0.2, 0) is 0 Å². The lowest BCUT2D eigenvalue weighted by Crippen LogP contribution is -2.45. The van der Waals surface area contributed by atoms with Crippen LogP contribution in [-0.4, -0.2) is 21.4 Å². The zero-order valence-electron chi connectivity index (χ0n) is 10.7. The quantitative estimate of drug-likeness (QED) is 0.858. The monoisotopic (exact) mass is 244 g/mol. The van der Waals surface area contributed by atoms with Gasteiger partial charge in [-0.3, -0.25) is 4.79 Å². The van der Waals surface area contributed by atoms with E-state index in [-0.39, 0.29) is 5.91 Å². The molecule has 1 amide bonds. The molecule has 1 heterocycles. The minimum Gasteiger partial charge on any atom is -0.334 e. The van der Waals surface area contributed by atoms with Gasteiger partial charge in [0.15, 0.2) is 0 Å². The summed E-state index contributed by atoms with van der Waals surface area (Å²) in [6.07, 6.45) is 4.93. The first-order valence-electron chi connectivity index (χ1n) is 6.10. The Kier molecular flexibility index (Phi) is 3.28. The summed E-state index contributed by atoms with van der Waals surface area (Å²) in [7, 11) is 0. The third kappa shape index (κ3) is 2.33. The third-order valence-electron chi connectivity index (χ3n) is 3.37. The Hall–Kier alpha value is -1.96. The van der Waals surface area contributed by atoms with Gasteiger partial charge in [-0.15, -0.1) is 0 Å². The molecule has 0 aliphatic heterocycles. The highest BCUT2D eigenvalue weighted by atomic mass is 16.1. The Labute approximate surface area is 106 Å². The fraction of sp³-hybridized carbons (Fsp3) is 0.538. The van der Waals surface area contributed by atoms with Crippen molar-refractivity contribution in [2.45, 2.75) is 45.1 Å². The van der Waals surface area contributed by atoms with Crippen LogP contribution in [0.15, 0.2) is 6.20 Å². The largest absolute Gasteiger partial charge is 0.334 e. The zero-order chi connectivity index (χ0) is 13.2. The minimum atomic E-state index is -0.700. The average molecular weight is 244 g/mol. The molecule has 0 unspecified atom stereocenters. The molecule has 18 heavy (non-hydrogen) atoms. The summed E-state index contributed by atoms with van der Waals surface area (Å²) in [5.74, 6) is 0.385. The molecular formula is C13H16N4O. The van der Waals surface area contributed by atoms with E-state index in [1.165, 1.54) is 6.20 Å². The second-order valence-electron chi connectivity index (χ2n) is 4.77. The Balaban J connectivity index is 2.19. The van der Waals surface area contributed by atoms with Crippen molar-refractivity contribution in [3.63, 3.8) is 0 Å². The van der Waals surface area contributed by atoms with E-state index in [1.54, 1.807) is 13.8 Å². The highest BCUT2D eigenvalue weighted by Gasteiger charge is 2.35. The van der Waals surface area contributed by atoms with Crippen molar-refractivity contribution in [2.24, 2.45) is 0 Å². The van der Waals surface area contributed by atoms with E-state index in [1.807, 2.05) is 0 Å². The van der Waals surface area contributed by atoms with Gasteiger partial charge in [-0.1, -0.05) is 0 Å². The number of nitrogens with zero attached hydrogens (tertiary/aromatic N) is 3. The number of nitrogens with one attached hydrogen (secondary N) is 1. The van der Waals surface area contributed by atoms with Crippen LogP contribution in [0.3, 0.4) is 0 Å². The van der Waals surface area contributed by atoms with E-state index in [4.69, 9.17) is 0 Å². The molecule has 1 aliphatic carbocycles. The summed E-state index contributed by atoms with van der Waals surface area (Å²) in [4.78, 5) is 20.3. The smallest absolute Gasteiger partial charge is 0.255 e. The number of hydrogen-bond acceptors (Lipinski definition) is 4. The van der Waals surface area contributed by atoms with Gasteiger partial charge < -0.3 is 5.32 Å². The van der Waals surface area contributed by atoms with Crippen LogP contribution >= 0.6 is 0 Å². The number of rotatable bonds is 2. The van der Waals surface area contributed by atoms with E-state index in [0.717, 1.165) is 25.7 Å². The molecule has 2 rings (SSSR count). The van der Waals surface area contributed by atoms with Gasteiger partial charge in [-0.05, 0) is 39.5 Å². The molecule has 1 fully saturated rings. The molecule has 5 nitrogen and oxygen atoms in total. The molecular weight excluding hydrogens is 228 g/mol.